The second-order valence-electron chi connectivity index (χ2n) is 3.81. The first-order chi connectivity index (χ1) is 8.10. The van der Waals surface area contributed by atoms with Crippen molar-refractivity contribution in [3.05, 3.63) is 50.7 Å². The Morgan fingerprint density at radius 2 is 1.88 bits per heavy atom. The second-order valence-corrected chi connectivity index (χ2v) is 5.64. The highest BCUT2D eigenvalue weighted by atomic mass is 79.9. The van der Waals surface area contributed by atoms with Crippen LogP contribution in [0, 0.1) is 0 Å². The highest BCUT2D eigenvalue weighted by Crippen LogP contribution is 2.26. The fourth-order valence-corrected chi connectivity index (χ4v) is 2.99. The molecule has 0 spiro atoms. The van der Waals surface area contributed by atoms with E-state index in [0.717, 1.165) is 26.6 Å². The smallest absolute Gasteiger partial charge is 0.0583 e. The van der Waals surface area contributed by atoms with E-state index in [1.807, 2.05) is 35.3 Å². The SMILES string of the molecule is CCn1cc(C(N)c2cc(Br)cc(Br)c2)cn1. The van der Waals surface area contributed by atoms with E-state index in [4.69, 9.17) is 5.73 Å². The van der Waals surface area contributed by atoms with Gasteiger partial charge in [0.2, 0.25) is 0 Å². The van der Waals surface area contributed by atoms with Crippen molar-refractivity contribution in [3.63, 3.8) is 0 Å². The monoisotopic (exact) mass is 357 g/mol. The molecule has 1 aromatic carbocycles. The summed E-state index contributed by atoms with van der Waals surface area (Å²) in [5, 5.41) is 4.24. The van der Waals surface area contributed by atoms with Gasteiger partial charge in [0.15, 0.2) is 0 Å². The molecule has 17 heavy (non-hydrogen) atoms. The molecule has 1 atom stereocenters. The third kappa shape index (κ3) is 2.97. The van der Waals surface area contributed by atoms with Gasteiger partial charge >= 0.3 is 0 Å². The van der Waals surface area contributed by atoms with Crippen LogP contribution in [0.15, 0.2) is 39.5 Å². The number of halogens is 2. The lowest BCUT2D eigenvalue weighted by Crippen LogP contribution is -2.11. The van der Waals surface area contributed by atoms with E-state index in [-0.39, 0.29) is 6.04 Å². The van der Waals surface area contributed by atoms with Gasteiger partial charge in [0, 0.05) is 27.3 Å². The maximum atomic E-state index is 6.23. The predicted octanol–water partition coefficient (Wildman–Crippen LogP) is 3.48. The van der Waals surface area contributed by atoms with Crippen LogP contribution in [0.1, 0.15) is 24.1 Å². The largest absolute Gasteiger partial charge is 0.320 e. The highest BCUT2D eigenvalue weighted by molar-refractivity contribution is 9.11. The summed E-state index contributed by atoms with van der Waals surface area (Å²) in [5.74, 6) is 0. The summed E-state index contributed by atoms with van der Waals surface area (Å²) in [7, 11) is 0. The van der Waals surface area contributed by atoms with Crippen LogP contribution in [0.3, 0.4) is 0 Å². The first kappa shape index (κ1) is 12.8. The number of benzene rings is 1. The Bertz CT molecular complexity index is 502. The molecule has 0 saturated heterocycles. The summed E-state index contributed by atoms with van der Waals surface area (Å²) in [5.41, 5.74) is 8.31. The van der Waals surface area contributed by atoms with Gasteiger partial charge in [-0.25, -0.2) is 0 Å². The fourth-order valence-electron chi connectivity index (χ4n) is 1.66. The topological polar surface area (TPSA) is 43.8 Å². The Balaban J connectivity index is 2.32. The zero-order valence-corrected chi connectivity index (χ0v) is 12.6. The zero-order valence-electron chi connectivity index (χ0n) is 9.40. The summed E-state index contributed by atoms with van der Waals surface area (Å²) < 4.78 is 3.91. The van der Waals surface area contributed by atoms with Gasteiger partial charge in [-0.2, -0.15) is 5.10 Å². The number of rotatable bonds is 3. The molecule has 2 aromatic rings. The molecule has 1 aromatic heterocycles. The van der Waals surface area contributed by atoms with E-state index in [1.165, 1.54) is 0 Å². The minimum atomic E-state index is -0.149. The Labute approximate surface area is 117 Å². The molecule has 3 nitrogen and oxygen atoms in total. The Morgan fingerprint density at radius 1 is 1.24 bits per heavy atom. The summed E-state index contributed by atoms with van der Waals surface area (Å²) >= 11 is 6.93. The average Bonchev–Trinajstić information content (AvgIpc) is 2.75. The molecule has 0 aliphatic heterocycles. The van der Waals surface area contributed by atoms with Gasteiger partial charge < -0.3 is 5.73 Å². The lowest BCUT2D eigenvalue weighted by atomic mass is 10.0. The Kier molecular flexibility index (Phi) is 4.01. The predicted molar refractivity (Wildman–Crippen MR) is 75.8 cm³/mol. The first-order valence-corrected chi connectivity index (χ1v) is 6.92. The number of aromatic nitrogens is 2. The van der Waals surface area contributed by atoms with Crippen molar-refractivity contribution < 1.29 is 0 Å². The van der Waals surface area contributed by atoms with Crippen LogP contribution >= 0.6 is 31.9 Å². The Hall–Kier alpha value is -0.650. The molecule has 0 amide bonds. The maximum absolute atomic E-state index is 6.23. The fraction of sp³-hybridized carbons (Fsp3) is 0.250. The molecule has 0 aliphatic rings. The van der Waals surface area contributed by atoms with Gasteiger partial charge in [-0.05, 0) is 30.7 Å². The Morgan fingerprint density at radius 3 is 2.41 bits per heavy atom. The van der Waals surface area contributed by atoms with Gasteiger partial charge in [0.25, 0.3) is 0 Å². The van der Waals surface area contributed by atoms with E-state index in [2.05, 4.69) is 43.9 Å². The van der Waals surface area contributed by atoms with Gasteiger partial charge in [-0.1, -0.05) is 31.9 Å². The molecule has 0 bridgehead atoms. The lowest BCUT2D eigenvalue weighted by Gasteiger charge is -2.11. The molecule has 90 valence electrons. The molecule has 1 heterocycles. The van der Waals surface area contributed by atoms with Crippen molar-refractivity contribution in [2.75, 3.05) is 0 Å². The number of nitrogens with zero attached hydrogens (tertiary/aromatic N) is 2. The lowest BCUT2D eigenvalue weighted by molar-refractivity contribution is 0.658. The van der Waals surface area contributed by atoms with Gasteiger partial charge in [-0.15, -0.1) is 0 Å². The van der Waals surface area contributed by atoms with Crippen LogP contribution < -0.4 is 5.73 Å². The molecule has 0 aliphatic carbocycles. The molecule has 0 saturated carbocycles. The van der Waals surface area contributed by atoms with Crippen molar-refractivity contribution >= 4 is 31.9 Å². The standard InChI is InChI=1S/C12H13Br2N3/c1-2-17-7-9(6-16-17)12(15)8-3-10(13)5-11(14)4-8/h3-7,12H,2,15H2,1H3. The minimum Gasteiger partial charge on any atom is -0.320 e. The molecule has 5 heteroatoms. The minimum absolute atomic E-state index is 0.149. The van der Waals surface area contributed by atoms with Crippen molar-refractivity contribution in [2.24, 2.45) is 5.73 Å². The third-order valence-corrected chi connectivity index (χ3v) is 3.50. The molecule has 0 radical (unpaired) electrons. The molecular weight excluding hydrogens is 346 g/mol. The molecular formula is C12H13Br2N3. The van der Waals surface area contributed by atoms with Crippen LogP contribution in [-0.2, 0) is 6.54 Å². The maximum Gasteiger partial charge on any atom is 0.0583 e. The molecule has 0 fully saturated rings. The summed E-state index contributed by atoms with van der Waals surface area (Å²) in [4.78, 5) is 0. The molecule has 2 N–H and O–H groups in total. The van der Waals surface area contributed by atoms with Crippen LogP contribution in [-0.4, -0.2) is 9.78 Å². The zero-order chi connectivity index (χ0) is 12.4. The number of aryl methyl sites for hydroxylation is 1. The van der Waals surface area contributed by atoms with E-state index in [9.17, 15) is 0 Å². The van der Waals surface area contributed by atoms with Gasteiger partial charge in [-0.3, -0.25) is 4.68 Å². The quantitative estimate of drug-likeness (QED) is 0.912. The number of hydrogen-bond donors (Lipinski definition) is 1. The van der Waals surface area contributed by atoms with Gasteiger partial charge in [0.05, 0.1) is 12.2 Å². The van der Waals surface area contributed by atoms with Crippen molar-refractivity contribution in [2.45, 2.75) is 19.5 Å². The van der Waals surface area contributed by atoms with Crippen molar-refractivity contribution in [1.29, 1.82) is 0 Å². The van der Waals surface area contributed by atoms with Crippen molar-refractivity contribution in [3.8, 4) is 0 Å². The van der Waals surface area contributed by atoms with Crippen molar-refractivity contribution in [1.82, 2.24) is 9.78 Å². The third-order valence-electron chi connectivity index (χ3n) is 2.58. The molecule has 1 unspecified atom stereocenters. The normalized spacial score (nSPS) is 12.7. The summed E-state index contributed by atoms with van der Waals surface area (Å²) in [6, 6.07) is 5.90. The number of hydrogen-bond acceptors (Lipinski definition) is 2. The first-order valence-electron chi connectivity index (χ1n) is 5.34. The highest BCUT2D eigenvalue weighted by Gasteiger charge is 2.12. The van der Waals surface area contributed by atoms with E-state index in [0.29, 0.717) is 0 Å². The summed E-state index contributed by atoms with van der Waals surface area (Å²) in [6.45, 7) is 2.91. The van der Waals surface area contributed by atoms with E-state index < -0.39 is 0 Å². The van der Waals surface area contributed by atoms with Crippen LogP contribution in [0.2, 0.25) is 0 Å². The second kappa shape index (κ2) is 5.33. The number of nitrogens with two attached hydrogens (primary N) is 1. The average molecular weight is 359 g/mol. The van der Waals surface area contributed by atoms with Crippen LogP contribution in [0.4, 0.5) is 0 Å². The molecule has 2 rings (SSSR count). The van der Waals surface area contributed by atoms with Crippen LogP contribution in [0.5, 0.6) is 0 Å². The van der Waals surface area contributed by atoms with E-state index in [1.54, 1.807) is 0 Å². The van der Waals surface area contributed by atoms with Gasteiger partial charge in [0.1, 0.15) is 0 Å². The summed E-state index contributed by atoms with van der Waals surface area (Å²) in [6.07, 6.45) is 3.81. The van der Waals surface area contributed by atoms with E-state index >= 15 is 0 Å². The van der Waals surface area contributed by atoms with Crippen LogP contribution in [0.25, 0.3) is 0 Å².